The molecule has 2 saturated heterocycles. The normalized spacial score (nSPS) is 14.5. The van der Waals surface area contributed by atoms with Crippen molar-refractivity contribution in [1.82, 2.24) is 29.5 Å². The molecule has 0 aliphatic carbocycles. The zero-order chi connectivity index (χ0) is 41.1. The van der Waals surface area contributed by atoms with Crippen LogP contribution in [0.25, 0.3) is 34.2 Å². The van der Waals surface area contributed by atoms with Gasteiger partial charge in [-0.15, -0.1) is 0 Å². The Hall–Kier alpha value is -6.52. The van der Waals surface area contributed by atoms with Gasteiger partial charge in [0, 0.05) is 49.7 Å². The molecule has 2 aromatic heterocycles. The molecule has 2 fully saturated rings. The fourth-order valence-electron chi connectivity index (χ4n) is 7.17. The molecule has 16 nitrogen and oxygen atoms in total. The van der Waals surface area contributed by atoms with Gasteiger partial charge in [0.25, 0.3) is 0 Å². The minimum absolute atomic E-state index is 0.0144. The fraction of sp³-hybridized carbons (Fsp3) is 0.333. The zero-order valence-electron chi connectivity index (χ0n) is 32.8. The summed E-state index contributed by atoms with van der Waals surface area (Å²) in [5.74, 6) is 0.403. The Morgan fingerprint density at radius 1 is 0.517 bits per heavy atom. The number of H-pyrrole nitrogens is 2. The highest BCUT2D eigenvalue weighted by Crippen LogP contribution is 2.39. The molecule has 16 heteroatoms. The second kappa shape index (κ2) is 16.9. The van der Waals surface area contributed by atoms with Gasteiger partial charge in [0.2, 0.25) is 0 Å². The van der Waals surface area contributed by atoms with Gasteiger partial charge in [-0.3, -0.25) is 0 Å². The topological polar surface area (TPSA) is 207 Å². The monoisotopic (exact) mass is 792 g/mol. The van der Waals surface area contributed by atoms with Crippen LogP contribution in [0.15, 0.2) is 82.4 Å². The molecule has 2 aliphatic rings. The van der Waals surface area contributed by atoms with E-state index < -0.39 is 11.4 Å². The van der Waals surface area contributed by atoms with E-state index in [1.807, 2.05) is 76.2 Å². The molecule has 0 radical (unpaired) electrons. The lowest BCUT2D eigenvalue weighted by Crippen LogP contribution is -2.36. The van der Waals surface area contributed by atoms with Crippen LogP contribution in [0.1, 0.15) is 50.7 Å². The summed E-state index contributed by atoms with van der Waals surface area (Å²) >= 11 is 0. The van der Waals surface area contributed by atoms with Gasteiger partial charge in [0.05, 0.1) is 48.9 Å². The molecule has 304 valence electrons. The van der Waals surface area contributed by atoms with Crippen molar-refractivity contribution in [3.05, 3.63) is 105 Å². The van der Waals surface area contributed by atoms with E-state index >= 15 is 0 Å². The summed E-state index contributed by atoms with van der Waals surface area (Å²) in [6.45, 7) is 13.9. The molecular formula is C42H48N8O8. The summed E-state index contributed by atoms with van der Waals surface area (Å²) < 4.78 is 13.6. The Morgan fingerprint density at radius 2 is 0.845 bits per heavy atom. The summed E-state index contributed by atoms with van der Waals surface area (Å²) in [5, 5.41) is 54.2. The minimum atomic E-state index is -0.405. The first-order valence-electron chi connectivity index (χ1n) is 19.2. The first-order chi connectivity index (χ1) is 27.9. The van der Waals surface area contributed by atoms with E-state index in [4.69, 9.17) is 9.47 Å². The van der Waals surface area contributed by atoms with E-state index in [1.54, 1.807) is 12.1 Å². The summed E-state index contributed by atoms with van der Waals surface area (Å²) in [4.78, 5) is 29.4. The number of phenols is 4. The van der Waals surface area contributed by atoms with Gasteiger partial charge in [-0.05, 0) is 83.6 Å². The SMILES string of the molecule is CC(C)c1cc(-c2n[nH]c(=O)n2-c2ccc(N3CCOCC3)cc2)c(O)cc1O.CC(C)c1cc(-c2n[nH]c(=O)n2-c2ccc(N3CCOCC3)cc2)c(O)cc1O. The average molecular weight is 793 g/mol. The van der Waals surface area contributed by atoms with Crippen LogP contribution in [0.4, 0.5) is 11.4 Å². The second-order valence-corrected chi connectivity index (χ2v) is 14.8. The fourth-order valence-corrected chi connectivity index (χ4v) is 7.17. The van der Waals surface area contributed by atoms with E-state index in [1.165, 1.54) is 21.3 Å². The molecule has 0 saturated carbocycles. The van der Waals surface area contributed by atoms with Crippen molar-refractivity contribution < 1.29 is 29.9 Å². The van der Waals surface area contributed by atoms with Crippen molar-refractivity contribution in [2.75, 3.05) is 62.4 Å². The number of rotatable bonds is 8. The predicted molar refractivity (Wildman–Crippen MR) is 220 cm³/mol. The Morgan fingerprint density at radius 3 is 1.17 bits per heavy atom. The number of phenolic OH excluding ortho intramolecular Hbond substituents is 4. The molecule has 0 unspecified atom stereocenters. The molecule has 58 heavy (non-hydrogen) atoms. The van der Waals surface area contributed by atoms with Crippen LogP contribution >= 0.6 is 0 Å². The summed E-state index contributed by atoms with van der Waals surface area (Å²) in [5.41, 5.74) is 4.67. The van der Waals surface area contributed by atoms with Crippen molar-refractivity contribution in [2.45, 2.75) is 39.5 Å². The number of aromatic hydroxyl groups is 4. The minimum Gasteiger partial charge on any atom is -0.508 e. The van der Waals surface area contributed by atoms with E-state index in [-0.39, 0.29) is 46.5 Å². The molecule has 0 atom stereocenters. The highest BCUT2D eigenvalue weighted by molar-refractivity contribution is 5.70. The van der Waals surface area contributed by atoms with Gasteiger partial charge >= 0.3 is 11.4 Å². The lowest BCUT2D eigenvalue weighted by Gasteiger charge is -2.28. The Bertz CT molecular complexity index is 2300. The molecule has 6 N–H and O–H groups in total. The van der Waals surface area contributed by atoms with Crippen molar-refractivity contribution in [3.8, 4) is 57.1 Å². The van der Waals surface area contributed by atoms with Crippen molar-refractivity contribution in [2.24, 2.45) is 0 Å². The molecule has 4 heterocycles. The van der Waals surface area contributed by atoms with E-state index in [2.05, 4.69) is 30.2 Å². The van der Waals surface area contributed by atoms with E-state index in [0.717, 1.165) is 37.6 Å². The summed E-state index contributed by atoms with van der Waals surface area (Å²) in [7, 11) is 0. The van der Waals surface area contributed by atoms with Gasteiger partial charge < -0.3 is 39.7 Å². The maximum Gasteiger partial charge on any atom is 0.348 e. The summed E-state index contributed by atoms with van der Waals surface area (Å²) in [6.07, 6.45) is 0. The molecule has 8 rings (SSSR count). The molecular weight excluding hydrogens is 745 g/mol. The first kappa shape index (κ1) is 39.7. The Labute approximate surface area is 334 Å². The largest absolute Gasteiger partial charge is 0.508 e. The Kier molecular flexibility index (Phi) is 11.6. The predicted octanol–water partition coefficient (Wildman–Crippen LogP) is 5.20. The van der Waals surface area contributed by atoms with Crippen molar-refractivity contribution in [3.63, 3.8) is 0 Å². The lowest BCUT2D eigenvalue weighted by molar-refractivity contribution is 0.122. The van der Waals surface area contributed by atoms with Crippen molar-refractivity contribution in [1.29, 1.82) is 0 Å². The number of anilines is 2. The number of aromatic nitrogens is 6. The number of ether oxygens (including phenoxy) is 2. The number of hydrogen-bond acceptors (Lipinski definition) is 12. The average Bonchev–Trinajstić information content (AvgIpc) is 3.80. The molecule has 0 amide bonds. The molecule has 6 aromatic rings. The number of nitrogens with one attached hydrogen (secondary N) is 2. The first-order valence-corrected chi connectivity index (χ1v) is 19.2. The van der Waals surface area contributed by atoms with Crippen LogP contribution in [-0.4, -0.2) is 103 Å². The number of nitrogens with zero attached hydrogens (tertiary/aromatic N) is 6. The van der Waals surface area contributed by atoms with Crippen LogP contribution in [-0.2, 0) is 9.47 Å². The summed E-state index contributed by atoms with van der Waals surface area (Å²) in [6, 6.07) is 21.2. The van der Waals surface area contributed by atoms with Crippen LogP contribution in [0, 0.1) is 0 Å². The molecule has 0 spiro atoms. The van der Waals surface area contributed by atoms with Crippen LogP contribution in [0.2, 0.25) is 0 Å². The number of morpholine rings is 2. The second-order valence-electron chi connectivity index (χ2n) is 14.8. The lowest BCUT2D eigenvalue weighted by atomic mass is 9.98. The van der Waals surface area contributed by atoms with Gasteiger partial charge in [0.1, 0.15) is 23.0 Å². The molecule has 2 aliphatic heterocycles. The van der Waals surface area contributed by atoms with Gasteiger partial charge in [-0.2, -0.15) is 10.2 Å². The third kappa shape index (κ3) is 8.15. The highest BCUT2D eigenvalue weighted by Gasteiger charge is 2.22. The van der Waals surface area contributed by atoms with E-state index in [0.29, 0.717) is 60.1 Å². The highest BCUT2D eigenvalue weighted by atomic mass is 16.5. The van der Waals surface area contributed by atoms with E-state index in [9.17, 15) is 30.0 Å². The maximum atomic E-state index is 12.5. The molecule has 0 bridgehead atoms. The quantitative estimate of drug-likeness (QED) is 0.118. The standard InChI is InChI=1S/2C21H24N4O4/c2*1-13(2)16-11-17(19(27)12-18(16)26)20-22-23-21(28)25(20)15-5-3-14(4-6-15)24-7-9-29-10-8-24/h2*3-6,11-13,26-27H,7-10H2,1-2H3,(H,23,28). The number of benzene rings is 4. The van der Waals surface area contributed by atoms with Gasteiger partial charge in [-0.1, -0.05) is 27.7 Å². The van der Waals surface area contributed by atoms with Crippen molar-refractivity contribution >= 4 is 11.4 Å². The Balaban J connectivity index is 0.000000177. The number of hydrogen-bond donors (Lipinski definition) is 6. The third-order valence-corrected chi connectivity index (χ3v) is 10.3. The smallest absolute Gasteiger partial charge is 0.348 e. The van der Waals surface area contributed by atoms with Gasteiger partial charge in [0.15, 0.2) is 11.6 Å². The van der Waals surface area contributed by atoms with Crippen LogP contribution in [0.3, 0.4) is 0 Å². The van der Waals surface area contributed by atoms with Gasteiger partial charge in [-0.25, -0.2) is 28.9 Å². The number of aromatic amines is 2. The maximum absolute atomic E-state index is 12.5. The molecule has 4 aromatic carbocycles. The van der Waals surface area contributed by atoms with Crippen LogP contribution in [0.5, 0.6) is 23.0 Å². The van der Waals surface area contributed by atoms with Crippen LogP contribution < -0.4 is 21.2 Å². The zero-order valence-corrected chi connectivity index (χ0v) is 32.8. The third-order valence-electron chi connectivity index (χ3n) is 10.3.